The van der Waals surface area contributed by atoms with Crippen molar-refractivity contribution < 1.29 is 18.7 Å². The lowest BCUT2D eigenvalue weighted by molar-refractivity contribution is 0.211. The Bertz CT molecular complexity index is 227. The van der Waals surface area contributed by atoms with E-state index in [1.165, 1.54) is 0 Å². The van der Waals surface area contributed by atoms with Crippen LogP contribution in [0.25, 0.3) is 0 Å². The lowest BCUT2D eigenvalue weighted by Crippen LogP contribution is -1.98. The number of aliphatic hydroxyl groups is 1. The van der Waals surface area contributed by atoms with Gasteiger partial charge in [0, 0.05) is 0 Å². The molecule has 7 heteroatoms. The van der Waals surface area contributed by atoms with Gasteiger partial charge in [0.15, 0.2) is 4.49 Å². The quantitative estimate of drug-likeness (QED) is 0.599. The van der Waals surface area contributed by atoms with E-state index < -0.39 is 17.6 Å². The maximum absolute atomic E-state index is 11.6. The maximum atomic E-state index is 11.6. The summed E-state index contributed by atoms with van der Waals surface area (Å²) in [5.41, 5.74) is -0.750. The number of hydrogen-bond acceptors (Lipinski definition) is 4. The largest absolute Gasteiger partial charge is 0.499 e. The molecular weight excluding hydrogens is 238 g/mol. The molecule has 0 aliphatic heterocycles. The van der Waals surface area contributed by atoms with E-state index in [1.54, 1.807) is 13.8 Å². The smallest absolute Gasteiger partial charge is 0.397 e. The van der Waals surface area contributed by atoms with Crippen molar-refractivity contribution in [1.82, 2.24) is 0 Å². The third-order valence-corrected chi connectivity index (χ3v) is 3.59. The van der Waals surface area contributed by atoms with Crippen LogP contribution in [0.15, 0.2) is 9.99 Å². The van der Waals surface area contributed by atoms with Crippen LogP contribution < -0.4 is 0 Å². The highest BCUT2D eigenvalue weighted by Gasteiger charge is 2.31. The molecule has 0 saturated carbocycles. The van der Waals surface area contributed by atoms with Crippen molar-refractivity contribution in [2.75, 3.05) is 13.2 Å². The van der Waals surface area contributed by atoms with E-state index >= 15 is 0 Å². The minimum absolute atomic E-state index is 0.127. The van der Waals surface area contributed by atoms with Crippen molar-refractivity contribution in [3.8, 4) is 0 Å². The monoisotopic (exact) mass is 248 g/mol. The molecule has 0 fully saturated rings. The van der Waals surface area contributed by atoms with Gasteiger partial charge in [-0.1, -0.05) is 23.2 Å². The molecule has 0 aromatic carbocycles. The molecule has 78 valence electrons. The molecule has 0 heterocycles. The molecule has 0 spiro atoms. The molecule has 0 saturated heterocycles. The van der Waals surface area contributed by atoms with Crippen molar-refractivity contribution in [3.05, 3.63) is 9.99 Å². The molecule has 0 aromatic rings. The Kier molecular flexibility index (Phi) is 6.01. The Labute approximate surface area is 87.0 Å². The standard InChI is InChI=1S/C6H11Cl2O4P/c1-3-11-13(10,12-4-2)6(9)5(7)8/h9H,3-4H2,1-2H3. The van der Waals surface area contributed by atoms with E-state index in [0.717, 1.165) is 0 Å². The normalized spacial score (nSPS) is 11.4. The molecule has 0 aromatic heterocycles. The number of rotatable bonds is 5. The zero-order valence-electron chi connectivity index (χ0n) is 7.29. The van der Waals surface area contributed by atoms with Crippen molar-refractivity contribution in [2.24, 2.45) is 0 Å². The van der Waals surface area contributed by atoms with Gasteiger partial charge in [0.2, 0.25) is 5.50 Å². The summed E-state index contributed by atoms with van der Waals surface area (Å²) >= 11 is 10.5. The molecule has 13 heavy (non-hydrogen) atoms. The SMILES string of the molecule is CCOP(=O)(OCC)C(O)=C(Cl)Cl. The first kappa shape index (κ1) is 13.3. The summed E-state index contributed by atoms with van der Waals surface area (Å²) in [7, 11) is -3.70. The van der Waals surface area contributed by atoms with Gasteiger partial charge in [-0.05, 0) is 13.8 Å². The Balaban J connectivity index is 4.79. The summed E-state index contributed by atoms with van der Waals surface area (Å²) in [6, 6.07) is 0. The first-order valence-electron chi connectivity index (χ1n) is 3.61. The number of hydrogen-bond donors (Lipinski definition) is 1. The van der Waals surface area contributed by atoms with Gasteiger partial charge in [-0.15, -0.1) is 0 Å². The van der Waals surface area contributed by atoms with Crippen molar-refractivity contribution in [3.63, 3.8) is 0 Å². The highest BCUT2D eigenvalue weighted by Crippen LogP contribution is 2.56. The zero-order valence-corrected chi connectivity index (χ0v) is 9.70. The van der Waals surface area contributed by atoms with E-state index in [2.05, 4.69) is 0 Å². The van der Waals surface area contributed by atoms with Crippen molar-refractivity contribution in [1.29, 1.82) is 0 Å². The van der Waals surface area contributed by atoms with Crippen LogP contribution in [0.3, 0.4) is 0 Å². The van der Waals surface area contributed by atoms with Crippen molar-refractivity contribution >= 4 is 30.8 Å². The molecule has 0 aliphatic rings. The maximum Gasteiger partial charge on any atom is 0.397 e. The fourth-order valence-electron chi connectivity index (χ4n) is 0.603. The molecule has 0 radical (unpaired) electrons. The molecule has 1 N–H and O–H groups in total. The van der Waals surface area contributed by atoms with Gasteiger partial charge in [0.05, 0.1) is 13.2 Å². The second kappa shape index (κ2) is 5.89. The minimum atomic E-state index is -3.70. The molecule has 0 atom stereocenters. The molecule has 0 unspecified atom stereocenters. The molecular formula is C6H11Cl2O4P. The number of halogens is 2. The van der Waals surface area contributed by atoms with Crippen LogP contribution in [-0.2, 0) is 13.6 Å². The van der Waals surface area contributed by atoms with Crippen LogP contribution in [0.5, 0.6) is 0 Å². The summed E-state index contributed by atoms with van der Waals surface area (Å²) in [6.07, 6.45) is 0. The molecule has 0 aliphatic carbocycles. The Hall–Kier alpha value is 0.270. The lowest BCUT2D eigenvalue weighted by Gasteiger charge is -2.15. The first-order chi connectivity index (χ1) is 5.98. The van der Waals surface area contributed by atoms with Gasteiger partial charge in [-0.25, -0.2) is 0 Å². The third-order valence-electron chi connectivity index (χ3n) is 1.03. The van der Waals surface area contributed by atoms with Gasteiger partial charge in [-0.2, -0.15) is 0 Å². The fraction of sp³-hybridized carbons (Fsp3) is 0.667. The second-order valence-corrected chi connectivity index (χ2v) is 4.80. The van der Waals surface area contributed by atoms with E-state index in [0.29, 0.717) is 0 Å². The molecule has 0 bridgehead atoms. The molecule has 4 nitrogen and oxygen atoms in total. The van der Waals surface area contributed by atoms with Crippen LogP contribution in [-0.4, -0.2) is 18.3 Å². The summed E-state index contributed by atoms with van der Waals surface area (Å²) in [4.78, 5) is 0. The van der Waals surface area contributed by atoms with Crippen LogP contribution in [0.1, 0.15) is 13.8 Å². The number of aliphatic hydroxyl groups excluding tert-OH is 1. The lowest BCUT2D eigenvalue weighted by atomic mass is 10.9. The van der Waals surface area contributed by atoms with E-state index in [4.69, 9.17) is 32.2 Å². The highest BCUT2D eigenvalue weighted by atomic mass is 35.5. The average molecular weight is 249 g/mol. The summed E-state index contributed by atoms with van der Waals surface area (Å²) in [5.74, 6) is 0. The predicted molar refractivity (Wildman–Crippen MR) is 52.2 cm³/mol. The van der Waals surface area contributed by atoms with E-state index in [-0.39, 0.29) is 13.2 Å². The van der Waals surface area contributed by atoms with Crippen LogP contribution in [0.2, 0.25) is 0 Å². The topological polar surface area (TPSA) is 55.8 Å². The fourth-order valence-corrected chi connectivity index (χ4v) is 2.43. The van der Waals surface area contributed by atoms with Gasteiger partial charge >= 0.3 is 7.60 Å². The molecule has 0 amide bonds. The van der Waals surface area contributed by atoms with E-state index in [9.17, 15) is 9.67 Å². The van der Waals surface area contributed by atoms with Crippen LogP contribution in [0.4, 0.5) is 0 Å². The van der Waals surface area contributed by atoms with Gasteiger partial charge in [0.1, 0.15) is 0 Å². The predicted octanol–water partition coefficient (Wildman–Crippen LogP) is 3.41. The average Bonchev–Trinajstić information content (AvgIpc) is 2.03. The highest BCUT2D eigenvalue weighted by molar-refractivity contribution is 7.58. The molecule has 0 rings (SSSR count). The van der Waals surface area contributed by atoms with Gasteiger partial charge < -0.3 is 14.2 Å². The summed E-state index contributed by atoms with van der Waals surface area (Å²) in [6.45, 7) is 3.48. The zero-order chi connectivity index (χ0) is 10.5. The Morgan fingerprint density at radius 1 is 1.31 bits per heavy atom. The Morgan fingerprint density at radius 2 is 1.69 bits per heavy atom. The van der Waals surface area contributed by atoms with Gasteiger partial charge in [-0.3, -0.25) is 4.57 Å². The van der Waals surface area contributed by atoms with E-state index in [1.807, 2.05) is 0 Å². The second-order valence-electron chi connectivity index (χ2n) is 1.92. The third kappa shape index (κ3) is 3.88. The minimum Gasteiger partial charge on any atom is -0.499 e. The Morgan fingerprint density at radius 3 is 1.92 bits per heavy atom. The van der Waals surface area contributed by atoms with Crippen molar-refractivity contribution in [2.45, 2.75) is 13.8 Å². The summed E-state index contributed by atoms with van der Waals surface area (Å²) in [5, 5.41) is 9.21. The van der Waals surface area contributed by atoms with Gasteiger partial charge in [0.25, 0.3) is 0 Å². The van der Waals surface area contributed by atoms with Crippen LogP contribution >= 0.6 is 30.8 Å². The first-order valence-corrected chi connectivity index (χ1v) is 5.91. The summed E-state index contributed by atoms with van der Waals surface area (Å²) < 4.78 is 20.6. The van der Waals surface area contributed by atoms with Crippen LogP contribution in [0, 0.1) is 0 Å².